The molecule has 0 amide bonds. The summed E-state index contributed by atoms with van der Waals surface area (Å²) in [5.74, 6) is 3.11. The standard InChI is InChI=1S/C13H21NOS2/c1-16-9-12-5-4-11(15-12)8-14-10-13(17-2)6-3-7-13/h4-5,14H,3,6-10H2,1-2H3. The molecule has 96 valence electrons. The summed E-state index contributed by atoms with van der Waals surface area (Å²) in [6, 6.07) is 4.17. The van der Waals surface area contributed by atoms with Crippen molar-refractivity contribution >= 4 is 23.5 Å². The van der Waals surface area contributed by atoms with Crippen LogP contribution in [0, 0.1) is 0 Å². The normalized spacial score (nSPS) is 18.0. The molecule has 0 radical (unpaired) electrons. The molecular weight excluding hydrogens is 250 g/mol. The second kappa shape index (κ2) is 6.21. The number of furan rings is 1. The van der Waals surface area contributed by atoms with Gasteiger partial charge in [0.1, 0.15) is 11.5 Å². The van der Waals surface area contributed by atoms with E-state index in [1.54, 1.807) is 11.8 Å². The van der Waals surface area contributed by atoms with E-state index in [0.29, 0.717) is 4.75 Å². The Bertz CT molecular complexity index is 341. The molecule has 1 aromatic heterocycles. The van der Waals surface area contributed by atoms with Crippen LogP contribution >= 0.6 is 23.5 Å². The summed E-state index contributed by atoms with van der Waals surface area (Å²) < 4.78 is 6.24. The summed E-state index contributed by atoms with van der Waals surface area (Å²) in [5.41, 5.74) is 0. The maximum absolute atomic E-state index is 5.73. The van der Waals surface area contributed by atoms with E-state index in [1.807, 2.05) is 11.8 Å². The molecule has 0 aromatic carbocycles. The van der Waals surface area contributed by atoms with E-state index in [4.69, 9.17) is 4.42 Å². The van der Waals surface area contributed by atoms with Gasteiger partial charge in [-0.1, -0.05) is 6.42 Å². The lowest BCUT2D eigenvalue weighted by atomic mass is 9.84. The van der Waals surface area contributed by atoms with E-state index in [2.05, 4.69) is 30.0 Å². The first-order chi connectivity index (χ1) is 8.28. The van der Waals surface area contributed by atoms with E-state index in [0.717, 1.165) is 30.4 Å². The lowest BCUT2D eigenvalue weighted by Gasteiger charge is -2.40. The Kier molecular flexibility index (Phi) is 4.88. The zero-order valence-electron chi connectivity index (χ0n) is 10.6. The molecule has 1 aliphatic carbocycles. The first-order valence-corrected chi connectivity index (χ1v) is 8.72. The van der Waals surface area contributed by atoms with E-state index in [-0.39, 0.29) is 0 Å². The van der Waals surface area contributed by atoms with Crippen LogP contribution in [0.2, 0.25) is 0 Å². The Balaban J connectivity index is 1.73. The zero-order valence-corrected chi connectivity index (χ0v) is 12.3. The van der Waals surface area contributed by atoms with Crippen molar-refractivity contribution < 1.29 is 4.42 Å². The lowest BCUT2D eigenvalue weighted by molar-refractivity contribution is 0.338. The second-order valence-electron chi connectivity index (χ2n) is 4.65. The Morgan fingerprint density at radius 1 is 1.29 bits per heavy atom. The zero-order chi connectivity index (χ0) is 12.1. The van der Waals surface area contributed by atoms with E-state index >= 15 is 0 Å². The molecule has 1 aromatic rings. The number of hydrogen-bond acceptors (Lipinski definition) is 4. The van der Waals surface area contributed by atoms with Crippen LogP contribution in [-0.2, 0) is 12.3 Å². The van der Waals surface area contributed by atoms with Gasteiger partial charge in [-0.25, -0.2) is 0 Å². The van der Waals surface area contributed by atoms with Crippen molar-refractivity contribution in [1.82, 2.24) is 5.32 Å². The molecule has 0 saturated heterocycles. The third kappa shape index (κ3) is 3.46. The molecule has 1 fully saturated rings. The van der Waals surface area contributed by atoms with Gasteiger partial charge in [-0.15, -0.1) is 0 Å². The molecule has 0 spiro atoms. The Morgan fingerprint density at radius 3 is 2.65 bits per heavy atom. The van der Waals surface area contributed by atoms with Gasteiger partial charge in [0.05, 0.1) is 12.3 Å². The highest BCUT2D eigenvalue weighted by Gasteiger charge is 2.35. The highest BCUT2D eigenvalue weighted by atomic mass is 32.2. The molecule has 4 heteroatoms. The minimum Gasteiger partial charge on any atom is -0.464 e. The summed E-state index contributed by atoms with van der Waals surface area (Å²) in [5, 5.41) is 3.53. The predicted molar refractivity (Wildman–Crippen MR) is 77.7 cm³/mol. The quantitative estimate of drug-likeness (QED) is 0.820. The summed E-state index contributed by atoms with van der Waals surface area (Å²) in [7, 11) is 0. The average Bonchev–Trinajstić information content (AvgIpc) is 2.71. The molecule has 17 heavy (non-hydrogen) atoms. The van der Waals surface area contributed by atoms with Gasteiger partial charge < -0.3 is 9.73 Å². The van der Waals surface area contributed by atoms with Gasteiger partial charge in [-0.05, 0) is 37.5 Å². The third-order valence-corrected chi connectivity index (χ3v) is 5.44. The Hall–Kier alpha value is -0.0600. The summed E-state index contributed by atoms with van der Waals surface area (Å²) in [4.78, 5) is 0. The Labute approximate surface area is 112 Å². The van der Waals surface area contributed by atoms with Crippen molar-refractivity contribution in [2.45, 2.75) is 36.3 Å². The molecule has 1 aliphatic rings. The lowest BCUT2D eigenvalue weighted by Crippen LogP contribution is -2.43. The molecule has 1 N–H and O–H groups in total. The van der Waals surface area contributed by atoms with Crippen molar-refractivity contribution in [1.29, 1.82) is 0 Å². The number of hydrogen-bond donors (Lipinski definition) is 1. The molecule has 1 heterocycles. The van der Waals surface area contributed by atoms with Crippen LogP contribution in [-0.4, -0.2) is 23.8 Å². The van der Waals surface area contributed by atoms with Gasteiger partial charge in [0.15, 0.2) is 0 Å². The minimum atomic E-state index is 0.509. The molecule has 2 rings (SSSR count). The number of rotatable bonds is 7. The molecule has 2 nitrogen and oxygen atoms in total. The minimum absolute atomic E-state index is 0.509. The van der Waals surface area contributed by atoms with Gasteiger partial charge in [-0.3, -0.25) is 0 Å². The molecule has 0 bridgehead atoms. The first kappa shape index (κ1) is 13.4. The van der Waals surface area contributed by atoms with Crippen molar-refractivity contribution in [3.05, 3.63) is 23.7 Å². The fraction of sp³-hybridized carbons (Fsp3) is 0.692. The van der Waals surface area contributed by atoms with Gasteiger partial charge >= 0.3 is 0 Å². The first-order valence-electron chi connectivity index (χ1n) is 6.10. The molecule has 0 unspecified atom stereocenters. The molecule has 0 atom stereocenters. The van der Waals surface area contributed by atoms with Crippen LogP contribution < -0.4 is 5.32 Å². The van der Waals surface area contributed by atoms with Crippen molar-refractivity contribution in [3.63, 3.8) is 0 Å². The highest BCUT2D eigenvalue weighted by molar-refractivity contribution is 8.00. The monoisotopic (exact) mass is 271 g/mol. The van der Waals surface area contributed by atoms with E-state index in [1.165, 1.54) is 19.3 Å². The van der Waals surface area contributed by atoms with Gasteiger partial charge in [0, 0.05) is 11.3 Å². The van der Waals surface area contributed by atoms with Gasteiger partial charge in [0.25, 0.3) is 0 Å². The fourth-order valence-electron chi connectivity index (χ4n) is 2.17. The van der Waals surface area contributed by atoms with Crippen LogP contribution in [0.3, 0.4) is 0 Å². The SMILES string of the molecule is CSCc1ccc(CNCC2(SC)CCC2)o1. The fourth-order valence-corrected chi connectivity index (χ4v) is 3.56. The topological polar surface area (TPSA) is 25.2 Å². The highest BCUT2D eigenvalue weighted by Crippen LogP contribution is 2.42. The number of nitrogens with one attached hydrogen (secondary N) is 1. The maximum Gasteiger partial charge on any atom is 0.118 e. The Morgan fingerprint density at radius 2 is 2.06 bits per heavy atom. The number of thioether (sulfide) groups is 2. The third-order valence-electron chi connectivity index (χ3n) is 3.45. The largest absolute Gasteiger partial charge is 0.464 e. The summed E-state index contributed by atoms with van der Waals surface area (Å²) >= 11 is 3.81. The smallest absolute Gasteiger partial charge is 0.118 e. The predicted octanol–water partition coefficient (Wildman–Crippen LogP) is 3.52. The molecule has 0 aliphatic heterocycles. The summed E-state index contributed by atoms with van der Waals surface area (Å²) in [6.07, 6.45) is 8.43. The maximum atomic E-state index is 5.73. The van der Waals surface area contributed by atoms with Crippen molar-refractivity contribution in [2.75, 3.05) is 19.1 Å². The van der Waals surface area contributed by atoms with Crippen LogP contribution in [0.25, 0.3) is 0 Å². The summed E-state index contributed by atoms with van der Waals surface area (Å²) in [6.45, 7) is 1.96. The van der Waals surface area contributed by atoms with Gasteiger partial charge in [0.2, 0.25) is 0 Å². The van der Waals surface area contributed by atoms with Crippen LogP contribution in [0.4, 0.5) is 0 Å². The molecule has 1 saturated carbocycles. The van der Waals surface area contributed by atoms with Crippen LogP contribution in [0.1, 0.15) is 30.8 Å². The van der Waals surface area contributed by atoms with E-state index < -0.39 is 0 Å². The molecular formula is C13H21NOS2. The van der Waals surface area contributed by atoms with Crippen molar-refractivity contribution in [3.8, 4) is 0 Å². The van der Waals surface area contributed by atoms with E-state index in [9.17, 15) is 0 Å². The second-order valence-corrected chi connectivity index (χ2v) is 6.79. The van der Waals surface area contributed by atoms with Crippen LogP contribution in [0.5, 0.6) is 0 Å². The van der Waals surface area contributed by atoms with Crippen LogP contribution in [0.15, 0.2) is 16.5 Å². The van der Waals surface area contributed by atoms with Crippen molar-refractivity contribution in [2.24, 2.45) is 0 Å². The van der Waals surface area contributed by atoms with Gasteiger partial charge in [-0.2, -0.15) is 23.5 Å². The average molecular weight is 271 g/mol.